The van der Waals surface area contributed by atoms with Crippen molar-refractivity contribution < 1.29 is 9.59 Å². The van der Waals surface area contributed by atoms with Crippen molar-refractivity contribution in [2.45, 2.75) is 12.8 Å². The Morgan fingerprint density at radius 1 is 1.00 bits per heavy atom. The molecule has 0 aliphatic heterocycles. The van der Waals surface area contributed by atoms with Crippen LogP contribution in [0.15, 0.2) is 48.5 Å². The van der Waals surface area contributed by atoms with Crippen LogP contribution in [-0.4, -0.2) is 18.4 Å². The Hall–Kier alpha value is -2.04. The van der Waals surface area contributed by atoms with E-state index in [4.69, 9.17) is 23.2 Å². The summed E-state index contributed by atoms with van der Waals surface area (Å²) in [6, 6.07) is 14.6. The zero-order valence-corrected chi connectivity index (χ0v) is 14.0. The molecule has 2 rings (SSSR count). The van der Waals surface area contributed by atoms with Crippen LogP contribution in [0.1, 0.15) is 18.4 Å². The number of rotatable bonds is 4. The fourth-order valence-corrected chi connectivity index (χ4v) is 2.35. The molecule has 120 valence electrons. The molecule has 0 saturated heterocycles. The van der Waals surface area contributed by atoms with Crippen molar-refractivity contribution >= 4 is 40.7 Å². The van der Waals surface area contributed by atoms with E-state index in [1.165, 1.54) is 0 Å². The summed E-state index contributed by atoms with van der Waals surface area (Å²) in [5.41, 5.74) is 1.39. The van der Waals surface area contributed by atoms with E-state index in [0.717, 1.165) is 5.56 Å². The number of nitrogens with one attached hydrogen (secondary N) is 2. The van der Waals surface area contributed by atoms with E-state index in [1.54, 1.807) is 18.2 Å². The standard InChI is InChI=1S/C17H16Cl2N2O2/c1-11(12-6-3-2-4-7-12)10-20-16(22)17(23)21-14-9-5-8-13(18)15(14)19/h2-9,11H,10H2,1H3,(H,20,22)(H,21,23). The maximum absolute atomic E-state index is 11.9. The molecule has 1 atom stereocenters. The van der Waals surface area contributed by atoms with Crippen molar-refractivity contribution in [1.29, 1.82) is 0 Å². The topological polar surface area (TPSA) is 58.2 Å². The van der Waals surface area contributed by atoms with Crippen LogP contribution in [0.3, 0.4) is 0 Å². The molecule has 2 aromatic rings. The highest BCUT2D eigenvalue weighted by Gasteiger charge is 2.17. The Morgan fingerprint density at radius 3 is 2.39 bits per heavy atom. The van der Waals surface area contributed by atoms with Crippen LogP contribution >= 0.6 is 23.2 Å². The largest absolute Gasteiger partial charge is 0.347 e. The third-order valence-corrected chi connectivity index (χ3v) is 4.16. The molecule has 0 bridgehead atoms. The highest BCUT2D eigenvalue weighted by Crippen LogP contribution is 2.29. The number of halogens is 2. The predicted molar refractivity (Wildman–Crippen MR) is 93.0 cm³/mol. The molecule has 2 aromatic carbocycles. The lowest BCUT2D eigenvalue weighted by Gasteiger charge is -2.13. The van der Waals surface area contributed by atoms with Gasteiger partial charge in [-0.1, -0.05) is 66.5 Å². The summed E-state index contributed by atoms with van der Waals surface area (Å²) in [4.78, 5) is 23.8. The second-order valence-electron chi connectivity index (χ2n) is 5.08. The Kier molecular flexibility index (Phi) is 6.02. The van der Waals surface area contributed by atoms with E-state index in [2.05, 4.69) is 10.6 Å². The molecular weight excluding hydrogens is 335 g/mol. The van der Waals surface area contributed by atoms with Crippen molar-refractivity contribution in [2.24, 2.45) is 0 Å². The number of anilines is 1. The van der Waals surface area contributed by atoms with Gasteiger partial charge in [-0.3, -0.25) is 9.59 Å². The zero-order valence-electron chi connectivity index (χ0n) is 12.5. The summed E-state index contributed by atoms with van der Waals surface area (Å²) >= 11 is 11.8. The molecule has 0 aliphatic rings. The lowest BCUT2D eigenvalue weighted by Crippen LogP contribution is -2.37. The second-order valence-corrected chi connectivity index (χ2v) is 5.86. The van der Waals surface area contributed by atoms with Crippen molar-refractivity contribution in [1.82, 2.24) is 5.32 Å². The first kappa shape index (κ1) is 17.3. The molecule has 0 saturated carbocycles. The van der Waals surface area contributed by atoms with E-state index in [-0.39, 0.29) is 10.9 Å². The number of carbonyl (C=O) groups excluding carboxylic acids is 2. The molecule has 0 aliphatic carbocycles. The molecule has 0 spiro atoms. The number of hydrogen-bond acceptors (Lipinski definition) is 2. The summed E-state index contributed by atoms with van der Waals surface area (Å²) in [7, 11) is 0. The van der Waals surface area contributed by atoms with Gasteiger partial charge >= 0.3 is 11.8 Å². The number of amides is 2. The number of hydrogen-bond donors (Lipinski definition) is 2. The average Bonchev–Trinajstić information content (AvgIpc) is 2.57. The van der Waals surface area contributed by atoms with Gasteiger partial charge in [-0.15, -0.1) is 0 Å². The zero-order chi connectivity index (χ0) is 16.8. The van der Waals surface area contributed by atoms with E-state index in [0.29, 0.717) is 17.3 Å². The summed E-state index contributed by atoms with van der Waals surface area (Å²) in [6.07, 6.45) is 0. The van der Waals surface area contributed by atoms with E-state index < -0.39 is 11.8 Å². The highest BCUT2D eigenvalue weighted by atomic mass is 35.5. The maximum Gasteiger partial charge on any atom is 0.313 e. The third-order valence-electron chi connectivity index (χ3n) is 3.34. The molecule has 4 nitrogen and oxygen atoms in total. The summed E-state index contributed by atoms with van der Waals surface area (Å²) in [5.74, 6) is -1.40. The first-order chi connectivity index (χ1) is 11.0. The highest BCUT2D eigenvalue weighted by molar-refractivity contribution is 6.45. The van der Waals surface area contributed by atoms with Crippen LogP contribution < -0.4 is 10.6 Å². The minimum Gasteiger partial charge on any atom is -0.347 e. The SMILES string of the molecule is CC(CNC(=O)C(=O)Nc1cccc(Cl)c1Cl)c1ccccc1. The van der Waals surface area contributed by atoms with Crippen molar-refractivity contribution in [3.63, 3.8) is 0 Å². The molecule has 0 radical (unpaired) electrons. The molecule has 0 aromatic heterocycles. The molecule has 2 N–H and O–H groups in total. The van der Waals surface area contributed by atoms with Gasteiger partial charge in [0, 0.05) is 6.54 Å². The van der Waals surface area contributed by atoms with Crippen molar-refractivity contribution in [2.75, 3.05) is 11.9 Å². The molecule has 6 heteroatoms. The lowest BCUT2D eigenvalue weighted by atomic mass is 10.0. The molecule has 0 heterocycles. The van der Waals surface area contributed by atoms with Crippen LogP contribution in [0.5, 0.6) is 0 Å². The summed E-state index contributed by atoms with van der Waals surface area (Å²) in [5, 5.41) is 5.56. The van der Waals surface area contributed by atoms with Gasteiger partial charge in [0.25, 0.3) is 0 Å². The monoisotopic (exact) mass is 350 g/mol. The Balaban J connectivity index is 1.90. The molecule has 2 amide bonds. The van der Waals surface area contributed by atoms with Crippen LogP contribution in [0.4, 0.5) is 5.69 Å². The maximum atomic E-state index is 11.9. The fourth-order valence-electron chi connectivity index (χ4n) is 2.00. The van der Waals surface area contributed by atoms with Gasteiger partial charge in [-0.2, -0.15) is 0 Å². The number of carbonyl (C=O) groups is 2. The first-order valence-corrected chi connectivity index (χ1v) is 7.82. The van der Waals surface area contributed by atoms with Crippen LogP contribution in [0, 0.1) is 0 Å². The number of benzene rings is 2. The molecule has 23 heavy (non-hydrogen) atoms. The normalized spacial score (nSPS) is 11.6. The molecule has 0 fully saturated rings. The Morgan fingerprint density at radius 2 is 1.70 bits per heavy atom. The van der Waals surface area contributed by atoms with Crippen LogP contribution in [0.2, 0.25) is 10.0 Å². The van der Waals surface area contributed by atoms with Gasteiger partial charge in [0.05, 0.1) is 15.7 Å². The van der Waals surface area contributed by atoms with Gasteiger partial charge in [0.15, 0.2) is 0 Å². The average molecular weight is 351 g/mol. The minimum absolute atomic E-state index is 0.0997. The summed E-state index contributed by atoms with van der Waals surface area (Å²) < 4.78 is 0. The van der Waals surface area contributed by atoms with Crippen LogP contribution in [0.25, 0.3) is 0 Å². The lowest BCUT2D eigenvalue weighted by molar-refractivity contribution is -0.136. The van der Waals surface area contributed by atoms with E-state index >= 15 is 0 Å². The second kappa shape index (κ2) is 7.99. The predicted octanol–water partition coefficient (Wildman–Crippen LogP) is 3.85. The molecule has 1 unspecified atom stereocenters. The van der Waals surface area contributed by atoms with Crippen molar-refractivity contribution in [3.8, 4) is 0 Å². The Bertz CT molecular complexity index is 705. The van der Waals surface area contributed by atoms with E-state index in [9.17, 15) is 9.59 Å². The van der Waals surface area contributed by atoms with Crippen LogP contribution in [-0.2, 0) is 9.59 Å². The first-order valence-electron chi connectivity index (χ1n) is 7.07. The molecular formula is C17H16Cl2N2O2. The summed E-state index contributed by atoms with van der Waals surface area (Å²) in [6.45, 7) is 2.33. The fraction of sp³-hybridized carbons (Fsp3) is 0.176. The quantitative estimate of drug-likeness (QED) is 0.822. The Labute approximate surface area is 144 Å². The van der Waals surface area contributed by atoms with Gasteiger partial charge in [-0.25, -0.2) is 0 Å². The van der Waals surface area contributed by atoms with Gasteiger partial charge in [0.2, 0.25) is 0 Å². The minimum atomic E-state index is -0.783. The van der Waals surface area contributed by atoms with Crippen molar-refractivity contribution in [3.05, 3.63) is 64.1 Å². The van der Waals surface area contributed by atoms with Gasteiger partial charge in [0.1, 0.15) is 0 Å². The van der Waals surface area contributed by atoms with E-state index in [1.807, 2.05) is 37.3 Å². The smallest absolute Gasteiger partial charge is 0.313 e. The third kappa shape index (κ3) is 4.71. The van der Waals surface area contributed by atoms with Gasteiger partial charge < -0.3 is 10.6 Å². The van der Waals surface area contributed by atoms with Gasteiger partial charge in [-0.05, 0) is 23.6 Å².